The van der Waals surface area contributed by atoms with Crippen LogP contribution in [0.25, 0.3) is 16.7 Å². The minimum atomic E-state index is -1.32. The van der Waals surface area contributed by atoms with E-state index in [9.17, 15) is 4.21 Å². The van der Waals surface area contributed by atoms with Gasteiger partial charge in [-0.3, -0.25) is 9.19 Å². The summed E-state index contributed by atoms with van der Waals surface area (Å²) in [6.07, 6.45) is 5.63. The number of aromatic amines is 1. The van der Waals surface area contributed by atoms with Gasteiger partial charge in [0.05, 0.1) is 40.4 Å². The second-order valence-corrected chi connectivity index (χ2v) is 7.27. The van der Waals surface area contributed by atoms with Crippen molar-refractivity contribution in [2.45, 2.75) is 17.8 Å². The van der Waals surface area contributed by atoms with E-state index in [1.54, 1.807) is 19.4 Å². The third-order valence-corrected chi connectivity index (χ3v) is 5.47. The minimum Gasteiger partial charge on any atom is -0.496 e. The molecule has 8 heteroatoms. The molecular weight excluding hydrogens is 371 g/mol. The van der Waals surface area contributed by atoms with Crippen LogP contribution >= 0.6 is 0 Å². The van der Waals surface area contributed by atoms with Gasteiger partial charge in [-0.15, -0.1) is 0 Å². The van der Waals surface area contributed by atoms with Crippen LogP contribution in [0.4, 0.5) is 0 Å². The van der Waals surface area contributed by atoms with Crippen molar-refractivity contribution in [3.05, 3.63) is 66.2 Å². The number of hydrogen-bond acceptors (Lipinski definition) is 4. The predicted octanol–water partition coefficient (Wildman–Crippen LogP) is 2.99. The third kappa shape index (κ3) is 4.01. The minimum absolute atomic E-state index is 0. The molecule has 6 nitrogen and oxygen atoms in total. The van der Waals surface area contributed by atoms with Crippen molar-refractivity contribution in [2.24, 2.45) is 0 Å². The zero-order chi connectivity index (χ0) is 18.1. The predicted molar refractivity (Wildman–Crippen MR) is 107 cm³/mol. The Labute approximate surface area is 181 Å². The van der Waals surface area contributed by atoms with Crippen LogP contribution in [0.2, 0.25) is 0 Å². The van der Waals surface area contributed by atoms with Gasteiger partial charge in [0.15, 0.2) is 5.16 Å². The fourth-order valence-electron chi connectivity index (χ4n) is 2.87. The van der Waals surface area contributed by atoms with Gasteiger partial charge in [-0.1, -0.05) is 0 Å². The van der Waals surface area contributed by atoms with Crippen LogP contribution in [0.1, 0.15) is 11.3 Å². The Bertz CT molecular complexity index is 1090. The standard InChI is InChI=1S/C19H18N4O2S.Na/c1-13-17(20-8-7-18(13)25-2)12-26(24)19-21-15-6-5-14(11-16(15)22-19)23-9-3-4-10-23;/h3-11H,12H2,1-2H3,(H,21,22);. The van der Waals surface area contributed by atoms with Crippen LogP contribution in [0.3, 0.4) is 0 Å². The van der Waals surface area contributed by atoms with Gasteiger partial charge in [0.1, 0.15) is 5.75 Å². The second kappa shape index (κ2) is 8.39. The van der Waals surface area contributed by atoms with E-state index in [4.69, 9.17) is 4.74 Å². The summed E-state index contributed by atoms with van der Waals surface area (Å²) >= 11 is 0. The summed E-state index contributed by atoms with van der Waals surface area (Å²) in [5.74, 6) is 1.03. The monoisotopic (exact) mass is 389 g/mol. The maximum atomic E-state index is 12.8. The largest absolute Gasteiger partial charge is 0.496 e. The van der Waals surface area contributed by atoms with Gasteiger partial charge < -0.3 is 14.3 Å². The summed E-state index contributed by atoms with van der Waals surface area (Å²) in [4.78, 5) is 12.0. The van der Waals surface area contributed by atoms with Crippen LogP contribution in [-0.2, 0) is 16.6 Å². The van der Waals surface area contributed by atoms with Crippen molar-refractivity contribution < 1.29 is 8.95 Å². The van der Waals surface area contributed by atoms with E-state index in [0.717, 1.165) is 33.7 Å². The van der Waals surface area contributed by atoms with Crippen LogP contribution in [0.5, 0.6) is 5.75 Å². The van der Waals surface area contributed by atoms with Gasteiger partial charge >= 0.3 is 0 Å². The van der Waals surface area contributed by atoms with Gasteiger partial charge in [-0.05, 0) is 43.3 Å². The van der Waals surface area contributed by atoms with E-state index in [-0.39, 0.29) is 35.3 Å². The molecule has 3 heterocycles. The average Bonchev–Trinajstić information content (AvgIpc) is 3.32. The smallest absolute Gasteiger partial charge is 0.197 e. The van der Waals surface area contributed by atoms with E-state index in [0.29, 0.717) is 5.16 Å². The van der Waals surface area contributed by atoms with Gasteiger partial charge in [-0.25, -0.2) is 4.98 Å². The van der Waals surface area contributed by atoms with E-state index >= 15 is 0 Å². The first kappa shape index (κ1) is 19.8. The number of rotatable bonds is 5. The zero-order valence-corrected chi connectivity index (χ0v) is 18.3. The van der Waals surface area contributed by atoms with Crippen molar-refractivity contribution in [3.8, 4) is 11.4 Å². The Kier molecular flexibility index (Phi) is 6.16. The number of nitrogens with one attached hydrogen (secondary N) is 1. The molecule has 1 N–H and O–H groups in total. The number of pyridine rings is 1. The van der Waals surface area contributed by atoms with Gasteiger partial charge in [0, 0.05) is 59.4 Å². The van der Waals surface area contributed by atoms with Crippen molar-refractivity contribution in [3.63, 3.8) is 0 Å². The average molecular weight is 389 g/mol. The molecule has 1 unspecified atom stereocenters. The molecule has 0 amide bonds. The molecule has 0 saturated carbocycles. The van der Waals surface area contributed by atoms with Crippen LogP contribution in [0, 0.1) is 6.92 Å². The molecule has 0 aliphatic rings. The summed E-state index contributed by atoms with van der Waals surface area (Å²) in [5.41, 5.74) is 4.31. The Morgan fingerprint density at radius 3 is 2.74 bits per heavy atom. The molecule has 1 radical (unpaired) electrons. The summed E-state index contributed by atoms with van der Waals surface area (Å²) < 4.78 is 20.1. The van der Waals surface area contributed by atoms with Gasteiger partial charge in [0.2, 0.25) is 0 Å². The van der Waals surface area contributed by atoms with Crippen LogP contribution in [-0.4, -0.2) is 60.4 Å². The normalized spacial score (nSPS) is 11.9. The van der Waals surface area contributed by atoms with E-state index in [1.807, 2.05) is 54.2 Å². The molecule has 0 aliphatic heterocycles. The molecule has 3 aromatic heterocycles. The molecular formula is C19H18N4NaO2S. The first-order chi connectivity index (χ1) is 12.7. The topological polar surface area (TPSA) is 72.8 Å². The SMILES string of the molecule is COc1ccnc(CS(=O)c2nc3ccc(-n4cccc4)cc3[nH]2)c1C.[Na]. The molecule has 0 bridgehead atoms. The van der Waals surface area contributed by atoms with E-state index in [1.165, 1.54) is 0 Å². The molecule has 4 aromatic rings. The molecule has 133 valence electrons. The number of nitrogens with zero attached hydrogens (tertiary/aromatic N) is 3. The number of methoxy groups -OCH3 is 1. The number of imidazole rings is 1. The van der Waals surface area contributed by atoms with Gasteiger partial charge in [0.25, 0.3) is 0 Å². The Balaban J connectivity index is 0.00000210. The molecule has 4 rings (SSSR count). The number of H-pyrrole nitrogens is 1. The maximum absolute atomic E-state index is 12.8. The first-order valence-corrected chi connectivity index (χ1v) is 9.47. The molecule has 1 atom stereocenters. The molecule has 0 fully saturated rings. The fourth-order valence-corrected chi connectivity index (χ4v) is 3.97. The number of fused-ring (bicyclic) bond motifs is 1. The van der Waals surface area contributed by atoms with Crippen molar-refractivity contribution in [1.82, 2.24) is 19.5 Å². The third-order valence-electron chi connectivity index (χ3n) is 4.31. The Hall–Kier alpha value is -1.93. The van der Waals surface area contributed by atoms with Crippen molar-refractivity contribution in [1.29, 1.82) is 0 Å². The Morgan fingerprint density at radius 2 is 2.00 bits per heavy atom. The number of aromatic nitrogens is 4. The van der Waals surface area contributed by atoms with E-state index < -0.39 is 10.8 Å². The summed E-state index contributed by atoms with van der Waals surface area (Å²) in [7, 11) is 0.293. The number of ether oxygens (including phenoxy) is 1. The van der Waals surface area contributed by atoms with Crippen molar-refractivity contribution in [2.75, 3.05) is 7.11 Å². The first-order valence-electron chi connectivity index (χ1n) is 8.15. The van der Waals surface area contributed by atoms with Crippen LogP contribution < -0.4 is 4.74 Å². The van der Waals surface area contributed by atoms with E-state index in [2.05, 4.69) is 15.0 Å². The molecule has 0 spiro atoms. The molecule has 27 heavy (non-hydrogen) atoms. The molecule has 0 aliphatic carbocycles. The van der Waals surface area contributed by atoms with Crippen molar-refractivity contribution >= 4 is 51.4 Å². The molecule has 1 aromatic carbocycles. The second-order valence-electron chi connectivity index (χ2n) is 5.91. The maximum Gasteiger partial charge on any atom is 0.197 e. The number of benzene rings is 1. The summed E-state index contributed by atoms with van der Waals surface area (Å²) in [6.45, 7) is 1.92. The van der Waals surface area contributed by atoms with Crippen LogP contribution in [0.15, 0.2) is 60.1 Å². The number of hydrogen-bond donors (Lipinski definition) is 1. The summed E-state index contributed by atoms with van der Waals surface area (Å²) in [6, 6.07) is 11.7. The Morgan fingerprint density at radius 1 is 1.22 bits per heavy atom. The zero-order valence-electron chi connectivity index (χ0n) is 15.5. The fraction of sp³-hybridized carbons (Fsp3) is 0.158. The molecule has 0 saturated heterocycles. The summed E-state index contributed by atoms with van der Waals surface area (Å²) in [5, 5.41) is 0.452. The quantitative estimate of drug-likeness (QED) is 0.533. The van der Waals surface area contributed by atoms with Gasteiger partial charge in [-0.2, -0.15) is 0 Å².